The molecule has 4 heteroatoms. The number of hydrogen-bond acceptors (Lipinski definition) is 2. The van der Waals surface area contributed by atoms with Crippen molar-refractivity contribution in [2.75, 3.05) is 13.1 Å². The number of carbonyl (C=O) groups excluding carboxylic acids is 2. The van der Waals surface area contributed by atoms with Crippen molar-refractivity contribution in [2.45, 2.75) is 25.6 Å². The van der Waals surface area contributed by atoms with Gasteiger partial charge in [-0.1, -0.05) is 30.3 Å². The standard InChI is InChI=1S/C14H18N2O2/c17-13(16-11-10-15-14(16)18)9-5-4-8-12-6-2-1-3-7-12/h1-3,6-7H,4-5,8-11H2,(H,15,18)/i9D2. The van der Waals surface area contributed by atoms with Crippen LogP contribution in [-0.2, 0) is 11.2 Å². The molecule has 0 atom stereocenters. The maximum Gasteiger partial charge on any atom is 0.324 e. The van der Waals surface area contributed by atoms with Crippen LogP contribution in [0.25, 0.3) is 0 Å². The predicted octanol–water partition coefficient (Wildman–Crippen LogP) is 1.95. The summed E-state index contributed by atoms with van der Waals surface area (Å²) in [5.41, 5.74) is 1.12. The average Bonchev–Trinajstić information content (AvgIpc) is 2.85. The van der Waals surface area contributed by atoms with Crippen molar-refractivity contribution < 1.29 is 12.3 Å². The van der Waals surface area contributed by atoms with Gasteiger partial charge in [0.05, 0.1) is 0 Å². The molecule has 0 aliphatic carbocycles. The predicted molar refractivity (Wildman–Crippen MR) is 69.1 cm³/mol. The second-order valence-electron chi connectivity index (χ2n) is 4.20. The molecule has 1 heterocycles. The normalized spacial score (nSPS) is 17.1. The number of carbonyl (C=O) groups is 2. The Balaban J connectivity index is 1.87. The highest BCUT2D eigenvalue weighted by molar-refractivity contribution is 5.95. The number of rotatable bonds is 5. The lowest BCUT2D eigenvalue weighted by Crippen LogP contribution is -2.33. The zero-order chi connectivity index (χ0) is 14.6. The number of aryl methyl sites for hydroxylation is 1. The molecule has 0 aromatic heterocycles. The van der Waals surface area contributed by atoms with Crippen LogP contribution < -0.4 is 5.32 Å². The van der Waals surface area contributed by atoms with E-state index in [0.29, 0.717) is 13.0 Å². The van der Waals surface area contributed by atoms with Crippen LogP contribution in [0.15, 0.2) is 30.3 Å². The Kier molecular flexibility index (Phi) is 3.48. The molecule has 1 aromatic rings. The third-order valence-corrected chi connectivity index (χ3v) is 2.86. The molecule has 1 aromatic carbocycles. The quantitative estimate of drug-likeness (QED) is 0.866. The van der Waals surface area contributed by atoms with E-state index in [-0.39, 0.29) is 13.0 Å². The van der Waals surface area contributed by atoms with E-state index in [1.54, 1.807) is 0 Å². The summed E-state index contributed by atoms with van der Waals surface area (Å²) in [6.45, 7) is 0.639. The van der Waals surface area contributed by atoms with Gasteiger partial charge in [0.2, 0.25) is 5.91 Å². The fourth-order valence-electron chi connectivity index (χ4n) is 1.89. The van der Waals surface area contributed by atoms with Crippen molar-refractivity contribution in [1.29, 1.82) is 0 Å². The minimum absolute atomic E-state index is 0.116. The molecule has 0 spiro atoms. The van der Waals surface area contributed by atoms with E-state index in [1.165, 1.54) is 0 Å². The SMILES string of the molecule is [2H]C([2H])(CCCc1ccccc1)C(=O)N1CCNC1=O. The van der Waals surface area contributed by atoms with Crippen molar-refractivity contribution in [3.05, 3.63) is 35.9 Å². The molecule has 4 nitrogen and oxygen atoms in total. The minimum Gasteiger partial charge on any atom is -0.336 e. The largest absolute Gasteiger partial charge is 0.336 e. The Bertz CT molecular complexity index is 491. The third-order valence-electron chi connectivity index (χ3n) is 2.86. The highest BCUT2D eigenvalue weighted by Crippen LogP contribution is 2.08. The first-order valence-electron chi connectivity index (χ1n) is 7.14. The summed E-state index contributed by atoms with van der Waals surface area (Å²) in [5, 5.41) is 2.50. The third kappa shape index (κ3) is 3.32. The molecule has 1 N–H and O–H groups in total. The second-order valence-corrected chi connectivity index (χ2v) is 4.20. The van der Waals surface area contributed by atoms with Gasteiger partial charge in [-0.15, -0.1) is 0 Å². The van der Waals surface area contributed by atoms with Crippen LogP contribution in [0.3, 0.4) is 0 Å². The van der Waals surface area contributed by atoms with Gasteiger partial charge >= 0.3 is 6.03 Å². The Morgan fingerprint density at radius 1 is 1.33 bits per heavy atom. The van der Waals surface area contributed by atoms with Crippen LogP contribution in [-0.4, -0.2) is 29.9 Å². The Morgan fingerprint density at radius 2 is 2.11 bits per heavy atom. The molecule has 2 rings (SSSR count). The maximum absolute atomic E-state index is 12.0. The Labute approximate surface area is 110 Å². The van der Waals surface area contributed by atoms with Gasteiger partial charge < -0.3 is 5.32 Å². The molecule has 18 heavy (non-hydrogen) atoms. The van der Waals surface area contributed by atoms with Gasteiger partial charge in [-0.2, -0.15) is 0 Å². The average molecular weight is 248 g/mol. The van der Waals surface area contributed by atoms with Crippen LogP contribution >= 0.6 is 0 Å². The summed E-state index contributed by atoms with van der Waals surface area (Å²) < 4.78 is 15.7. The van der Waals surface area contributed by atoms with Gasteiger partial charge in [-0.05, 0) is 24.8 Å². The van der Waals surface area contributed by atoms with Crippen LogP contribution in [0.5, 0.6) is 0 Å². The number of nitrogens with zero attached hydrogens (tertiary/aromatic N) is 1. The summed E-state index contributed by atoms with van der Waals surface area (Å²) in [6.07, 6.45) is -0.584. The van der Waals surface area contributed by atoms with E-state index >= 15 is 0 Å². The van der Waals surface area contributed by atoms with Gasteiger partial charge in [0.1, 0.15) is 0 Å². The summed E-state index contributed by atoms with van der Waals surface area (Å²) in [5.74, 6) is -0.736. The smallest absolute Gasteiger partial charge is 0.324 e. The number of nitrogens with one attached hydrogen (secondary N) is 1. The fraction of sp³-hybridized carbons (Fsp3) is 0.429. The molecule has 1 saturated heterocycles. The number of hydrogen-bond donors (Lipinski definition) is 1. The summed E-state index contributed by atoms with van der Waals surface area (Å²) in [7, 11) is 0. The van der Waals surface area contributed by atoms with Gasteiger partial charge in [0.15, 0.2) is 0 Å². The Hall–Kier alpha value is -1.84. The monoisotopic (exact) mass is 248 g/mol. The van der Waals surface area contributed by atoms with E-state index < -0.39 is 18.3 Å². The van der Waals surface area contributed by atoms with Gasteiger partial charge in [-0.25, -0.2) is 4.79 Å². The summed E-state index contributed by atoms with van der Waals surface area (Å²) in [6, 6.07) is 9.25. The van der Waals surface area contributed by atoms with Crippen LogP contribution in [0.1, 0.15) is 27.5 Å². The van der Waals surface area contributed by atoms with Crippen molar-refractivity contribution in [3.8, 4) is 0 Å². The number of urea groups is 1. The second kappa shape index (κ2) is 6.19. The van der Waals surface area contributed by atoms with Gasteiger partial charge in [0.25, 0.3) is 0 Å². The Morgan fingerprint density at radius 3 is 2.78 bits per heavy atom. The first-order chi connectivity index (χ1) is 9.50. The molecule has 0 unspecified atom stereocenters. The van der Waals surface area contributed by atoms with Crippen molar-refractivity contribution in [2.24, 2.45) is 0 Å². The molecule has 1 aliphatic heterocycles. The summed E-state index contributed by atoms with van der Waals surface area (Å²) in [4.78, 5) is 24.4. The van der Waals surface area contributed by atoms with Crippen LogP contribution in [0.4, 0.5) is 4.79 Å². The highest BCUT2D eigenvalue weighted by Gasteiger charge is 2.25. The molecule has 1 aliphatic rings. The molecular formula is C14H18N2O2. The van der Waals surface area contributed by atoms with Crippen LogP contribution in [0, 0.1) is 0 Å². The molecule has 0 radical (unpaired) electrons. The first kappa shape index (κ1) is 10.1. The lowest BCUT2D eigenvalue weighted by molar-refractivity contribution is -0.127. The molecule has 1 fully saturated rings. The van der Waals surface area contributed by atoms with Crippen LogP contribution in [0.2, 0.25) is 0 Å². The zero-order valence-corrected chi connectivity index (χ0v) is 10.2. The first-order valence-corrected chi connectivity index (χ1v) is 6.14. The highest BCUT2D eigenvalue weighted by atomic mass is 16.2. The van der Waals surface area contributed by atoms with E-state index in [9.17, 15) is 9.59 Å². The molecule has 0 bridgehead atoms. The number of benzene rings is 1. The number of imide groups is 1. The minimum atomic E-state index is -1.99. The van der Waals surface area contributed by atoms with Crippen molar-refractivity contribution in [1.82, 2.24) is 10.2 Å². The van der Waals surface area contributed by atoms with E-state index in [1.807, 2.05) is 30.3 Å². The molecule has 0 saturated carbocycles. The van der Waals surface area contributed by atoms with Crippen molar-refractivity contribution in [3.63, 3.8) is 0 Å². The maximum atomic E-state index is 12.0. The van der Waals surface area contributed by atoms with E-state index in [4.69, 9.17) is 2.74 Å². The van der Waals surface area contributed by atoms with E-state index in [0.717, 1.165) is 16.9 Å². The van der Waals surface area contributed by atoms with Gasteiger partial charge in [-0.3, -0.25) is 9.69 Å². The zero-order valence-electron chi connectivity index (χ0n) is 12.2. The van der Waals surface area contributed by atoms with Crippen molar-refractivity contribution >= 4 is 11.9 Å². The molecule has 96 valence electrons. The molecule has 3 amide bonds. The fourth-order valence-corrected chi connectivity index (χ4v) is 1.89. The van der Waals surface area contributed by atoms with E-state index in [2.05, 4.69) is 5.32 Å². The summed E-state index contributed by atoms with van der Waals surface area (Å²) >= 11 is 0. The molecular weight excluding hydrogens is 228 g/mol. The topological polar surface area (TPSA) is 49.4 Å². The lowest BCUT2D eigenvalue weighted by Gasteiger charge is -2.11. The van der Waals surface area contributed by atoms with Gasteiger partial charge in [0, 0.05) is 22.2 Å². The number of amides is 3. The lowest BCUT2D eigenvalue weighted by atomic mass is 10.1.